The minimum absolute atomic E-state index is 0.116. The second-order valence-electron chi connectivity index (χ2n) is 5.47. The lowest BCUT2D eigenvalue weighted by molar-refractivity contribution is -0.562. The van der Waals surface area contributed by atoms with Crippen molar-refractivity contribution in [3.8, 4) is 0 Å². The SMILES string of the molecule is CCN1CCC/S1=C/C=C/C1=[N+](C)C(C)(C)CO1. The maximum Gasteiger partial charge on any atom is 0.362 e. The molecule has 1 unspecified atom stereocenters. The summed E-state index contributed by atoms with van der Waals surface area (Å²) in [7, 11) is 2.44. The lowest BCUT2D eigenvalue weighted by atomic mass is 10.1. The van der Waals surface area contributed by atoms with Gasteiger partial charge < -0.3 is 4.74 Å². The predicted octanol–water partition coefficient (Wildman–Crippen LogP) is 2.10. The van der Waals surface area contributed by atoms with Crippen LogP contribution in [0.2, 0.25) is 0 Å². The maximum atomic E-state index is 5.72. The molecule has 1 fully saturated rings. The summed E-state index contributed by atoms with van der Waals surface area (Å²) in [5, 5.41) is 2.34. The van der Waals surface area contributed by atoms with Gasteiger partial charge in [0.2, 0.25) is 0 Å². The molecular formula is C14H25N2OS+. The van der Waals surface area contributed by atoms with Crippen molar-refractivity contribution in [3.63, 3.8) is 0 Å². The van der Waals surface area contributed by atoms with Gasteiger partial charge in [-0.1, -0.05) is 6.92 Å². The summed E-state index contributed by atoms with van der Waals surface area (Å²) in [5.74, 6) is 2.30. The minimum Gasteiger partial charge on any atom is -0.437 e. The van der Waals surface area contributed by atoms with E-state index in [0.717, 1.165) is 19.0 Å². The highest BCUT2D eigenvalue weighted by Gasteiger charge is 2.38. The van der Waals surface area contributed by atoms with Crippen LogP contribution in [0, 0.1) is 0 Å². The zero-order chi connectivity index (χ0) is 13.2. The molecule has 2 heterocycles. The molecule has 0 aromatic carbocycles. The number of nitrogens with zero attached hydrogens (tertiary/aromatic N) is 2. The highest BCUT2D eigenvalue weighted by Crippen LogP contribution is 2.27. The predicted molar refractivity (Wildman–Crippen MR) is 80.7 cm³/mol. The fourth-order valence-electron chi connectivity index (χ4n) is 2.23. The fraction of sp³-hybridized carbons (Fsp3) is 0.714. The summed E-state index contributed by atoms with van der Waals surface area (Å²) in [5.41, 5.74) is 0.116. The summed E-state index contributed by atoms with van der Waals surface area (Å²) < 4.78 is 10.5. The van der Waals surface area contributed by atoms with Crippen LogP contribution in [0.15, 0.2) is 12.2 Å². The third-order valence-electron chi connectivity index (χ3n) is 3.73. The Labute approximate surface area is 113 Å². The van der Waals surface area contributed by atoms with Gasteiger partial charge in [0.25, 0.3) is 0 Å². The molecule has 0 aromatic rings. The van der Waals surface area contributed by atoms with Crippen molar-refractivity contribution in [1.82, 2.24) is 4.31 Å². The molecule has 2 aliphatic rings. The summed E-state index contributed by atoms with van der Waals surface area (Å²) in [6.07, 6.45) is 5.61. The van der Waals surface area contributed by atoms with E-state index in [1.807, 2.05) is 0 Å². The first-order valence-corrected chi connectivity index (χ1v) is 8.16. The van der Waals surface area contributed by atoms with E-state index in [9.17, 15) is 0 Å². The normalized spacial score (nSPS) is 28.6. The van der Waals surface area contributed by atoms with Crippen LogP contribution in [-0.2, 0) is 4.74 Å². The smallest absolute Gasteiger partial charge is 0.362 e. The first kappa shape index (κ1) is 13.8. The van der Waals surface area contributed by atoms with Crippen LogP contribution in [-0.4, -0.2) is 58.2 Å². The molecule has 18 heavy (non-hydrogen) atoms. The maximum absolute atomic E-state index is 5.72. The number of likely N-dealkylation sites (N-methyl/N-ethyl adjacent to an activating group) is 1. The molecule has 4 heteroatoms. The quantitative estimate of drug-likeness (QED) is 0.443. The molecule has 0 aromatic heterocycles. The average molecular weight is 269 g/mol. The largest absolute Gasteiger partial charge is 0.437 e. The molecule has 1 atom stereocenters. The molecule has 0 bridgehead atoms. The third kappa shape index (κ3) is 2.86. The monoisotopic (exact) mass is 269 g/mol. The summed E-state index contributed by atoms with van der Waals surface area (Å²) in [6, 6.07) is 0. The number of ether oxygens (including phenoxy) is 1. The van der Waals surface area contributed by atoms with Crippen LogP contribution in [0.1, 0.15) is 27.2 Å². The Bertz CT molecular complexity index is 410. The van der Waals surface area contributed by atoms with Gasteiger partial charge in [-0.25, -0.2) is 0 Å². The molecule has 1 saturated heterocycles. The van der Waals surface area contributed by atoms with E-state index in [4.69, 9.17) is 4.74 Å². The van der Waals surface area contributed by atoms with E-state index >= 15 is 0 Å². The van der Waals surface area contributed by atoms with Gasteiger partial charge in [-0.15, -0.1) is 10.7 Å². The standard InChI is InChI=1S/C14H25N2OS/c1-5-16-9-7-11-18(16)10-6-8-13-15(4)14(2,3)12-17-13/h6,8,10H,5,7,9,11-12H2,1-4H3/q+1/b8-6+. The molecule has 0 radical (unpaired) electrons. The van der Waals surface area contributed by atoms with Crippen molar-refractivity contribution in [3.05, 3.63) is 12.2 Å². The molecule has 0 saturated carbocycles. The number of allylic oxidation sites excluding steroid dienone is 1. The molecule has 0 aliphatic carbocycles. The highest BCUT2D eigenvalue weighted by atomic mass is 32.2. The van der Waals surface area contributed by atoms with Crippen LogP contribution in [0.5, 0.6) is 0 Å². The van der Waals surface area contributed by atoms with Crippen molar-refractivity contribution >= 4 is 21.9 Å². The Morgan fingerprint density at radius 2 is 2.28 bits per heavy atom. The third-order valence-corrected chi connectivity index (χ3v) is 6.01. The lowest BCUT2D eigenvalue weighted by Gasteiger charge is -2.14. The summed E-state index contributed by atoms with van der Waals surface area (Å²) >= 11 is 0. The average Bonchev–Trinajstić information content (AvgIpc) is 2.88. The lowest BCUT2D eigenvalue weighted by Crippen LogP contribution is -2.33. The molecule has 2 aliphatic heterocycles. The van der Waals surface area contributed by atoms with Crippen molar-refractivity contribution < 1.29 is 9.31 Å². The van der Waals surface area contributed by atoms with E-state index in [1.54, 1.807) is 0 Å². The van der Waals surface area contributed by atoms with Crippen LogP contribution in [0.25, 0.3) is 0 Å². The van der Waals surface area contributed by atoms with Crippen LogP contribution >= 0.6 is 10.7 Å². The second-order valence-corrected chi connectivity index (χ2v) is 7.47. The Morgan fingerprint density at radius 3 is 2.89 bits per heavy atom. The Kier molecular flexibility index (Phi) is 4.28. The van der Waals surface area contributed by atoms with E-state index < -0.39 is 0 Å². The first-order valence-electron chi connectivity index (χ1n) is 6.74. The van der Waals surface area contributed by atoms with Gasteiger partial charge in [-0.3, -0.25) is 4.31 Å². The molecular weight excluding hydrogens is 244 g/mol. The van der Waals surface area contributed by atoms with Gasteiger partial charge >= 0.3 is 5.90 Å². The van der Waals surface area contributed by atoms with Crippen LogP contribution < -0.4 is 0 Å². The number of hydrogen-bond donors (Lipinski definition) is 0. The molecule has 0 spiro atoms. The fourth-order valence-corrected chi connectivity index (χ4v) is 4.17. The number of hydrogen-bond acceptors (Lipinski definition) is 2. The van der Waals surface area contributed by atoms with Crippen LogP contribution in [0.4, 0.5) is 0 Å². The van der Waals surface area contributed by atoms with Gasteiger partial charge in [0, 0.05) is 32.7 Å². The molecule has 3 nitrogen and oxygen atoms in total. The van der Waals surface area contributed by atoms with Crippen LogP contribution in [0.3, 0.4) is 0 Å². The van der Waals surface area contributed by atoms with E-state index in [2.05, 4.69) is 54.2 Å². The Balaban J connectivity index is 2.04. The topological polar surface area (TPSA) is 15.5 Å². The zero-order valence-corrected chi connectivity index (χ0v) is 12.8. The highest BCUT2D eigenvalue weighted by molar-refractivity contribution is 8.13. The van der Waals surface area contributed by atoms with Crippen molar-refractivity contribution in [1.29, 1.82) is 0 Å². The molecule has 0 N–H and O–H groups in total. The van der Waals surface area contributed by atoms with Crippen molar-refractivity contribution in [2.45, 2.75) is 32.7 Å². The van der Waals surface area contributed by atoms with Gasteiger partial charge in [-0.05, 0) is 17.9 Å². The Hall–Kier alpha value is -0.610. The van der Waals surface area contributed by atoms with Gasteiger partial charge in [0.15, 0.2) is 12.1 Å². The zero-order valence-electron chi connectivity index (χ0n) is 12.0. The molecule has 0 amide bonds. The van der Waals surface area contributed by atoms with E-state index in [-0.39, 0.29) is 5.54 Å². The number of rotatable bonds is 3. The second kappa shape index (κ2) is 5.57. The summed E-state index contributed by atoms with van der Waals surface area (Å²) in [6.45, 7) is 9.84. The van der Waals surface area contributed by atoms with Gasteiger partial charge in [-0.2, -0.15) is 4.58 Å². The molecule has 102 valence electrons. The minimum atomic E-state index is 0.116. The van der Waals surface area contributed by atoms with Crippen molar-refractivity contribution in [2.24, 2.45) is 0 Å². The Morgan fingerprint density at radius 1 is 1.50 bits per heavy atom. The van der Waals surface area contributed by atoms with E-state index in [0.29, 0.717) is 10.7 Å². The van der Waals surface area contributed by atoms with E-state index in [1.165, 1.54) is 18.7 Å². The first-order chi connectivity index (χ1) is 8.54. The summed E-state index contributed by atoms with van der Waals surface area (Å²) in [4.78, 5) is 0. The van der Waals surface area contributed by atoms with Gasteiger partial charge in [0.05, 0.1) is 6.08 Å². The molecule has 2 rings (SSSR count). The van der Waals surface area contributed by atoms with Gasteiger partial charge in [0.1, 0.15) is 7.05 Å². The van der Waals surface area contributed by atoms with Crippen molar-refractivity contribution in [2.75, 3.05) is 32.5 Å².